The number of nitrogens with zero attached hydrogens (tertiary/aromatic N) is 1. The highest BCUT2D eigenvalue weighted by molar-refractivity contribution is 7.14. The number of hydrogen-bond donors (Lipinski definition) is 2. The molecule has 0 saturated carbocycles. The molecule has 0 radical (unpaired) electrons. The maximum absolute atomic E-state index is 12.3. The third-order valence-corrected chi connectivity index (χ3v) is 4.31. The Morgan fingerprint density at radius 3 is 2.92 bits per heavy atom. The second kappa shape index (κ2) is 6.56. The van der Waals surface area contributed by atoms with Gasteiger partial charge in [-0.1, -0.05) is 18.2 Å². The summed E-state index contributed by atoms with van der Waals surface area (Å²) in [5.74, 6) is -1.07. The lowest BCUT2D eigenvalue weighted by Crippen LogP contribution is -2.29. The van der Waals surface area contributed by atoms with Crippen LogP contribution in [0.25, 0.3) is 10.9 Å². The van der Waals surface area contributed by atoms with Gasteiger partial charge in [0.1, 0.15) is 11.1 Å². The molecular formula is C17H13N3O3S. The van der Waals surface area contributed by atoms with Crippen LogP contribution in [0.3, 0.4) is 0 Å². The number of thiophene rings is 1. The van der Waals surface area contributed by atoms with E-state index in [1.165, 1.54) is 18.3 Å². The number of carbonyl (C=O) groups excluding carboxylic acids is 2. The van der Waals surface area contributed by atoms with Crippen molar-refractivity contribution in [1.29, 1.82) is 5.26 Å². The van der Waals surface area contributed by atoms with Crippen LogP contribution in [0.4, 0.5) is 5.00 Å². The molecule has 2 N–H and O–H groups in total. The van der Waals surface area contributed by atoms with Crippen molar-refractivity contribution in [2.24, 2.45) is 0 Å². The second-order valence-electron chi connectivity index (χ2n) is 5.06. The fraction of sp³-hybridized carbons (Fsp3) is 0.118. The van der Waals surface area contributed by atoms with Crippen molar-refractivity contribution < 1.29 is 14.3 Å². The van der Waals surface area contributed by atoms with Gasteiger partial charge in [-0.15, -0.1) is 11.3 Å². The Kier molecular flexibility index (Phi) is 4.31. The average molecular weight is 339 g/mol. The zero-order valence-corrected chi connectivity index (χ0v) is 13.5. The summed E-state index contributed by atoms with van der Waals surface area (Å²) >= 11 is 1.24. The number of carbonyl (C=O) groups is 2. The number of fused-ring (bicyclic) bond motifs is 1. The Labute approximate surface area is 141 Å². The molecule has 0 aliphatic carbocycles. The number of anilines is 1. The minimum absolute atomic E-state index is 0.374. The molecule has 6 nitrogen and oxygen atoms in total. The zero-order valence-electron chi connectivity index (χ0n) is 12.7. The van der Waals surface area contributed by atoms with E-state index in [0.717, 1.165) is 10.9 Å². The summed E-state index contributed by atoms with van der Waals surface area (Å²) in [6, 6.07) is 10.9. The number of nitrogens with one attached hydrogen (secondary N) is 2. The molecule has 0 saturated heterocycles. The predicted octanol–water partition coefficient (Wildman–Crippen LogP) is 3.29. The molecule has 0 spiro atoms. The van der Waals surface area contributed by atoms with Crippen LogP contribution >= 0.6 is 11.3 Å². The van der Waals surface area contributed by atoms with Crippen molar-refractivity contribution in [2.75, 3.05) is 5.32 Å². The first kappa shape index (κ1) is 15.8. The van der Waals surface area contributed by atoms with E-state index in [2.05, 4.69) is 10.3 Å². The third-order valence-electron chi connectivity index (χ3n) is 3.48. The van der Waals surface area contributed by atoms with Gasteiger partial charge in [-0.3, -0.25) is 4.79 Å². The van der Waals surface area contributed by atoms with E-state index in [1.54, 1.807) is 23.7 Å². The Morgan fingerprint density at radius 2 is 2.12 bits per heavy atom. The quantitative estimate of drug-likeness (QED) is 0.713. The minimum Gasteiger partial charge on any atom is -0.449 e. The van der Waals surface area contributed by atoms with E-state index in [1.807, 2.05) is 24.3 Å². The highest BCUT2D eigenvalue weighted by atomic mass is 32.1. The number of nitriles is 1. The number of benzene rings is 1. The van der Waals surface area contributed by atoms with Crippen LogP contribution < -0.4 is 5.32 Å². The molecule has 3 rings (SSSR count). The molecule has 120 valence electrons. The van der Waals surface area contributed by atoms with Crippen LogP contribution in [0.15, 0.2) is 41.9 Å². The fourth-order valence-electron chi connectivity index (χ4n) is 2.23. The largest absolute Gasteiger partial charge is 0.449 e. The number of amides is 1. The number of ether oxygens (including phenoxy) is 1. The van der Waals surface area contributed by atoms with Crippen LogP contribution in [-0.2, 0) is 9.53 Å². The van der Waals surface area contributed by atoms with Gasteiger partial charge in [-0.25, -0.2) is 4.79 Å². The van der Waals surface area contributed by atoms with Crippen molar-refractivity contribution in [1.82, 2.24) is 4.98 Å². The van der Waals surface area contributed by atoms with E-state index in [4.69, 9.17) is 10.00 Å². The minimum atomic E-state index is -0.986. The molecule has 2 aromatic heterocycles. The number of esters is 1. The normalized spacial score (nSPS) is 11.7. The molecule has 3 aromatic rings. The first-order valence-corrected chi connectivity index (χ1v) is 8.03. The van der Waals surface area contributed by atoms with Crippen LogP contribution in [0.1, 0.15) is 22.8 Å². The molecule has 1 aromatic carbocycles. The molecule has 0 fully saturated rings. The monoisotopic (exact) mass is 339 g/mol. The molecule has 0 unspecified atom stereocenters. The summed E-state index contributed by atoms with van der Waals surface area (Å²) in [5.41, 5.74) is 1.57. The zero-order chi connectivity index (χ0) is 17.1. The van der Waals surface area contributed by atoms with Gasteiger partial charge in [0.05, 0.1) is 11.1 Å². The van der Waals surface area contributed by atoms with Crippen LogP contribution in [0.5, 0.6) is 0 Å². The number of aromatic nitrogens is 1. The standard InChI is InChI=1S/C17H13N3O3S/c1-10(15(21)20-16-11(8-18)6-7-24-16)23-17(22)13-9-19-14-5-3-2-4-12(13)14/h2-7,9-10,19H,1H3,(H,20,21)/t10-/m1/s1. The lowest BCUT2D eigenvalue weighted by Gasteiger charge is -2.12. The highest BCUT2D eigenvalue weighted by Gasteiger charge is 2.22. The van der Waals surface area contributed by atoms with Gasteiger partial charge >= 0.3 is 5.97 Å². The Bertz CT molecular complexity index is 951. The number of hydrogen-bond acceptors (Lipinski definition) is 5. The SMILES string of the molecule is C[C@@H](OC(=O)c1c[nH]c2ccccc12)C(=O)Nc1sccc1C#N. The van der Waals surface area contributed by atoms with Gasteiger partial charge in [0.2, 0.25) is 0 Å². The first-order chi connectivity index (χ1) is 11.6. The van der Waals surface area contributed by atoms with E-state index in [9.17, 15) is 9.59 Å². The smallest absolute Gasteiger partial charge is 0.341 e. The van der Waals surface area contributed by atoms with E-state index in [-0.39, 0.29) is 0 Å². The fourth-order valence-corrected chi connectivity index (χ4v) is 2.97. The van der Waals surface area contributed by atoms with Gasteiger partial charge < -0.3 is 15.0 Å². The lowest BCUT2D eigenvalue weighted by molar-refractivity contribution is -0.123. The van der Waals surface area contributed by atoms with Crippen LogP contribution in [0, 0.1) is 11.3 Å². The summed E-state index contributed by atoms with van der Waals surface area (Å²) < 4.78 is 5.24. The summed E-state index contributed by atoms with van der Waals surface area (Å²) in [7, 11) is 0. The molecule has 1 amide bonds. The number of H-pyrrole nitrogens is 1. The Balaban J connectivity index is 1.70. The van der Waals surface area contributed by atoms with Gasteiger partial charge in [0.15, 0.2) is 6.10 Å². The lowest BCUT2D eigenvalue weighted by atomic mass is 10.2. The summed E-state index contributed by atoms with van der Waals surface area (Å²) in [5, 5.41) is 14.4. The second-order valence-corrected chi connectivity index (χ2v) is 5.98. The molecule has 0 aliphatic rings. The molecule has 24 heavy (non-hydrogen) atoms. The predicted molar refractivity (Wildman–Crippen MR) is 90.8 cm³/mol. The number of aromatic amines is 1. The number of rotatable bonds is 4. The van der Waals surface area contributed by atoms with Crippen molar-refractivity contribution >= 4 is 39.1 Å². The summed E-state index contributed by atoms with van der Waals surface area (Å²) in [6.07, 6.45) is 0.574. The maximum atomic E-state index is 12.3. The van der Waals surface area contributed by atoms with E-state index >= 15 is 0 Å². The Hall–Kier alpha value is -3.11. The van der Waals surface area contributed by atoms with E-state index in [0.29, 0.717) is 16.1 Å². The molecule has 0 aliphatic heterocycles. The number of para-hydroxylation sites is 1. The van der Waals surface area contributed by atoms with Gasteiger partial charge in [0.25, 0.3) is 5.91 Å². The van der Waals surface area contributed by atoms with Gasteiger partial charge in [0, 0.05) is 17.1 Å². The molecule has 7 heteroatoms. The Morgan fingerprint density at radius 1 is 1.33 bits per heavy atom. The highest BCUT2D eigenvalue weighted by Crippen LogP contribution is 2.23. The first-order valence-electron chi connectivity index (χ1n) is 7.15. The summed E-state index contributed by atoms with van der Waals surface area (Å²) in [6.45, 7) is 1.49. The van der Waals surface area contributed by atoms with Crippen molar-refractivity contribution in [3.8, 4) is 6.07 Å². The van der Waals surface area contributed by atoms with Crippen LogP contribution in [-0.4, -0.2) is 23.0 Å². The molecule has 2 heterocycles. The van der Waals surface area contributed by atoms with Crippen molar-refractivity contribution in [3.05, 3.63) is 53.0 Å². The topological polar surface area (TPSA) is 95.0 Å². The summed E-state index contributed by atoms with van der Waals surface area (Å²) in [4.78, 5) is 27.4. The third kappa shape index (κ3) is 3.00. The average Bonchev–Trinajstić information content (AvgIpc) is 3.20. The maximum Gasteiger partial charge on any atom is 0.341 e. The van der Waals surface area contributed by atoms with E-state index < -0.39 is 18.0 Å². The van der Waals surface area contributed by atoms with Crippen molar-refractivity contribution in [2.45, 2.75) is 13.0 Å². The van der Waals surface area contributed by atoms with Crippen LogP contribution in [0.2, 0.25) is 0 Å². The van der Waals surface area contributed by atoms with Crippen molar-refractivity contribution in [3.63, 3.8) is 0 Å². The molecular weight excluding hydrogens is 326 g/mol. The van der Waals surface area contributed by atoms with Gasteiger partial charge in [-0.2, -0.15) is 5.26 Å². The van der Waals surface area contributed by atoms with Gasteiger partial charge in [-0.05, 0) is 24.4 Å². The molecule has 1 atom stereocenters. The molecule has 0 bridgehead atoms.